The van der Waals surface area contributed by atoms with E-state index in [9.17, 15) is 5.11 Å². The number of hydrogen-bond donors (Lipinski definition) is 2. The van der Waals surface area contributed by atoms with Crippen molar-refractivity contribution in [2.45, 2.75) is 24.4 Å². The highest BCUT2D eigenvalue weighted by atomic mass is 16.3. The Labute approximate surface area is 92.9 Å². The first kappa shape index (κ1) is 9.74. The fourth-order valence-corrected chi connectivity index (χ4v) is 2.56. The molecular weight excluding hydrogens is 204 g/mol. The number of nitrogens with zero attached hydrogens (tertiary/aromatic N) is 3. The van der Waals surface area contributed by atoms with Gasteiger partial charge >= 0.3 is 0 Å². The van der Waals surface area contributed by atoms with Crippen LogP contribution in [0.3, 0.4) is 0 Å². The predicted octanol–water partition coefficient (Wildman–Crippen LogP) is 0.0805. The van der Waals surface area contributed by atoms with Gasteiger partial charge in [-0.25, -0.2) is 4.98 Å². The van der Waals surface area contributed by atoms with Crippen LogP contribution in [0.15, 0.2) is 24.8 Å². The molecule has 0 aliphatic heterocycles. The van der Waals surface area contributed by atoms with Crippen molar-refractivity contribution in [1.82, 2.24) is 14.4 Å². The van der Waals surface area contributed by atoms with Crippen LogP contribution in [0.5, 0.6) is 0 Å². The first-order valence-electron chi connectivity index (χ1n) is 5.41. The third kappa shape index (κ3) is 1.19. The fourth-order valence-electron chi connectivity index (χ4n) is 2.56. The van der Waals surface area contributed by atoms with Gasteiger partial charge in [-0.05, 0) is 12.8 Å². The van der Waals surface area contributed by atoms with Crippen LogP contribution in [-0.4, -0.2) is 32.1 Å². The minimum absolute atomic E-state index is 0.111. The van der Waals surface area contributed by atoms with Crippen molar-refractivity contribution >= 4 is 5.65 Å². The predicted molar refractivity (Wildman–Crippen MR) is 59.0 cm³/mol. The molecule has 1 saturated carbocycles. The zero-order valence-electron chi connectivity index (χ0n) is 8.87. The summed E-state index contributed by atoms with van der Waals surface area (Å²) < 4.78 is 2.01. The Morgan fingerprint density at radius 3 is 3.00 bits per heavy atom. The number of imidazole rings is 1. The van der Waals surface area contributed by atoms with Crippen LogP contribution in [0, 0.1) is 0 Å². The van der Waals surface area contributed by atoms with Crippen molar-refractivity contribution in [2.24, 2.45) is 5.73 Å². The standard InChI is InChI=1S/C11H14N4O/c12-7-11(3-8(16)4-11)9-5-14-10-6-13-1-2-15(9)10/h1-2,5-6,8,16H,3-4,7,12H2. The SMILES string of the molecule is NCC1(c2cnc3cnccn23)CC(O)C1. The van der Waals surface area contributed by atoms with E-state index in [0.29, 0.717) is 6.54 Å². The molecule has 2 heterocycles. The maximum absolute atomic E-state index is 9.49. The van der Waals surface area contributed by atoms with Crippen LogP contribution < -0.4 is 5.73 Å². The van der Waals surface area contributed by atoms with E-state index in [2.05, 4.69) is 9.97 Å². The molecule has 0 spiro atoms. The molecular formula is C11H14N4O. The van der Waals surface area contributed by atoms with Crippen molar-refractivity contribution in [3.8, 4) is 0 Å². The molecule has 84 valence electrons. The molecule has 0 radical (unpaired) electrons. The molecule has 0 bridgehead atoms. The second-order valence-electron chi connectivity index (χ2n) is 4.49. The molecule has 5 nitrogen and oxygen atoms in total. The molecule has 1 fully saturated rings. The lowest BCUT2D eigenvalue weighted by atomic mass is 9.65. The minimum Gasteiger partial charge on any atom is -0.393 e. The van der Waals surface area contributed by atoms with Crippen molar-refractivity contribution in [3.63, 3.8) is 0 Å². The van der Waals surface area contributed by atoms with Crippen LogP contribution >= 0.6 is 0 Å². The maximum Gasteiger partial charge on any atom is 0.155 e. The number of hydrogen-bond acceptors (Lipinski definition) is 4. The van der Waals surface area contributed by atoms with Gasteiger partial charge in [0.2, 0.25) is 0 Å². The molecule has 0 amide bonds. The summed E-state index contributed by atoms with van der Waals surface area (Å²) in [5.74, 6) is 0. The summed E-state index contributed by atoms with van der Waals surface area (Å²) in [7, 11) is 0. The topological polar surface area (TPSA) is 76.4 Å². The minimum atomic E-state index is -0.226. The molecule has 2 aromatic heterocycles. The van der Waals surface area contributed by atoms with Crippen LogP contribution in [0.2, 0.25) is 0 Å². The third-order valence-corrected chi connectivity index (χ3v) is 3.50. The molecule has 1 aliphatic rings. The van der Waals surface area contributed by atoms with Crippen LogP contribution in [0.25, 0.3) is 5.65 Å². The lowest BCUT2D eigenvalue weighted by Crippen LogP contribution is -2.50. The summed E-state index contributed by atoms with van der Waals surface area (Å²) in [6, 6.07) is 0. The summed E-state index contributed by atoms with van der Waals surface area (Å²) in [5.41, 5.74) is 7.64. The second-order valence-corrected chi connectivity index (χ2v) is 4.49. The second kappa shape index (κ2) is 3.26. The fraction of sp³-hybridized carbons (Fsp3) is 0.455. The Bertz CT molecular complexity index is 515. The maximum atomic E-state index is 9.49. The highest BCUT2D eigenvalue weighted by molar-refractivity contribution is 5.40. The Kier molecular flexibility index (Phi) is 1.99. The summed E-state index contributed by atoms with van der Waals surface area (Å²) in [4.78, 5) is 8.33. The molecule has 0 unspecified atom stereocenters. The van der Waals surface area contributed by atoms with Gasteiger partial charge in [0, 0.05) is 30.6 Å². The summed E-state index contributed by atoms with van der Waals surface area (Å²) in [6.07, 6.45) is 8.41. The van der Waals surface area contributed by atoms with Gasteiger partial charge in [0.25, 0.3) is 0 Å². The molecule has 3 rings (SSSR count). The van der Waals surface area contributed by atoms with Crippen LogP contribution in [0.4, 0.5) is 0 Å². The van der Waals surface area contributed by atoms with Crippen LogP contribution in [0.1, 0.15) is 18.5 Å². The van der Waals surface area contributed by atoms with Crippen molar-refractivity contribution in [2.75, 3.05) is 6.54 Å². The third-order valence-electron chi connectivity index (χ3n) is 3.50. The zero-order chi connectivity index (χ0) is 11.2. The van der Waals surface area contributed by atoms with Gasteiger partial charge in [0.1, 0.15) is 0 Å². The number of rotatable bonds is 2. The average molecular weight is 218 g/mol. The number of aliphatic hydroxyl groups excluding tert-OH is 1. The zero-order valence-corrected chi connectivity index (χ0v) is 8.87. The summed E-state index contributed by atoms with van der Waals surface area (Å²) in [5, 5.41) is 9.49. The van der Waals surface area contributed by atoms with E-state index in [1.165, 1.54) is 0 Å². The average Bonchev–Trinajstić information content (AvgIpc) is 2.68. The Morgan fingerprint density at radius 2 is 2.31 bits per heavy atom. The number of aliphatic hydroxyl groups is 1. The number of nitrogens with two attached hydrogens (primary N) is 1. The van der Waals surface area contributed by atoms with E-state index in [1.54, 1.807) is 12.4 Å². The summed E-state index contributed by atoms with van der Waals surface area (Å²) >= 11 is 0. The first-order chi connectivity index (χ1) is 7.75. The van der Waals surface area contributed by atoms with E-state index < -0.39 is 0 Å². The number of fused-ring (bicyclic) bond motifs is 1. The smallest absolute Gasteiger partial charge is 0.155 e. The van der Waals surface area contributed by atoms with Gasteiger partial charge in [-0.2, -0.15) is 0 Å². The Morgan fingerprint density at radius 1 is 1.50 bits per heavy atom. The molecule has 0 aromatic carbocycles. The largest absolute Gasteiger partial charge is 0.393 e. The van der Waals surface area contributed by atoms with E-state index in [4.69, 9.17) is 5.73 Å². The van der Waals surface area contributed by atoms with Crippen molar-refractivity contribution < 1.29 is 5.11 Å². The monoisotopic (exact) mass is 218 g/mol. The Hall–Kier alpha value is -1.46. The van der Waals surface area contributed by atoms with Gasteiger partial charge in [-0.1, -0.05) is 0 Å². The summed E-state index contributed by atoms with van der Waals surface area (Å²) in [6.45, 7) is 0.542. The highest BCUT2D eigenvalue weighted by Gasteiger charge is 2.45. The first-order valence-corrected chi connectivity index (χ1v) is 5.41. The van der Waals surface area contributed by atoms with E-state index in [1.807, 2.05) is 16.8 Å². The van der Waals surface area contributed by atoms with Gasteiger partial charge in [0.05, 0.1) is 18.0 Å². The van der Waals surface area contributed by atoms with E-state index in [-0.39, 0.29) is 11.5 Å². The van der Waals surface area contributed by atoms with Gasteiger partial charge < -0.3 is 15.2 Å². The molecule has 3 N–H and O–H groups in total. The number of aromatic nitrogens is 3. The molecule has 1 aliphatic carbocycles. The van der Waals surface area contributed by atoms with Gasteiger partial charge in [-0.15, -0.1) is 0 Å². The lowest BCUT2D eigenvalue weighted by molar-refractivity contribution is 0.0197. The van der Waals surface area contributed by atoms with Gasteiger partial charge in [-0.3, -0.25) is 4.98 Å². The normalized spacial score (nSPS) is 29.2. The van der Waals surface area contributed by atoms with Crippen molar-refractivity contribution in [1.29, 1.82) is 0 Å². The Balaban J connectivity index is 2.12. The quantitative estimate of drug-likeness (QED) is 0.748. The molecule has 16 heavy (non-hydrogen) atoms. The molecule has 5 heteroatoms. The highest BCUT2D eigenvalue weighted by Crippen LogP contribution is 2.42. The van der Waals surface area contributed by atoms with Crippen LogP contribution in [-0.2, 0) is 5.41 Å². The van der Waals surface area contributed by atoms with Gasteiger partial charge in [0.15, 0.2) is 5.65 Å². The van der Waals surface area contributed by atoms with Crippen molar-refractivity contribution in [3.05, 3.63) is 30.5 Å². The van der Waals surface area contributed by atoms with E-state index >= 15 is 0 Å². The molecule has 0 atom stereocenters. The lowest BCUT2D eigenvalue weighted by Gasteiger charge is -2.44. The molecule has 0 saturated heterocycles. The van der Waals surface area contributed by atoms with E-state index in [0.717, 1.165) is 24.2 Å². The molecule has 2 aromatic rings.